The molecule has 0 saturated carbocycles. The Hall–Kier alpha value is -1.31. The Morgan fingerprint density at radius 2 is 2.07 bits per heavy atom. The van der Waals surface area contributed by atoms with Gasteiger partial charge >= 0.3 is 0 Å². The zero-order chi connectivity index (χ0) is 11.4. The Labute approximate surface area is 91.3 Å². The molecule has 1 aromatic carbocycles. The van der Waals surface area contributed by atoms with E-state index in [-0.39, 0.29) is 5.78 Å². The van der Waals surface area contributed by atoms with Gasteiger partial charge in [0.15, 0.2) is 5.78 Å². The van der Waals surface area contributed by atoms with Crippen LogP contribution in [0, 0.1) is 12.8 Å². The van der Waals surface area contributed by atoms with Crippen molar-refractivity contribution in [2.75, 3.05) is 7.11 Å². The average molecular weight is 206 g/mol. The summed E-state index contributed by atoms with van der Waals surface area (Å²) in [5.41, 5.74) is 1.79. The summed E-state index contributed by atoms with van der Waals surface area (Å²) in [4.78, 5) is 11.9. The lowest BCUT2D eigenvalue weighted by atomic mass is 9.99. The van der Waals surface area contributed by atoms with Gasteiger partial charge in [-0.3, -0.25) is 4.79 Å². The molecule has 0 radical (unpaired) electrons. The maximum absolute atomic E-state index is 11.9. The van der Waals surface area contributed by atoms with Crippen molar-refractivity contribution in [2.45, 2.75) is 27.2 Å². The Kier molecular flexibility index (Phi) is 3.89. The van der Waals surface area contributed by atoms with Crippen LogP contribution in [0.5, 0.6) is 5.75 Å². The van der Waals surface area contributed by atoms with Crippen molar-refractivity contribution < 1.29 is 9.53 Å². The molecule has 15 heavy (non-hydrogen) atoms. The molecule has 82 valence electrons. The van der Waals surface area contributed by atoms with Gasteiger partial charge in [0, 0.05) is 6.42 Å². The second-order valence-corrected chi connectivity index (χ2v) is 4.22. The second-order valence-electron chi connectivity index (χ2n) is 4.22. The number of ketones is 1. The molecular weight excluding hydrogens is 188 g/mol. The maximum atomic E-state index is 11.9. The van der Waals surface area contributed by atoms with Crippen LogP contribution in [0.25, 0.3) is 0 Å². The van der Waals surface area contributed by atoms with Gasteiger partial charge < -0.3 is 4.74 Å². The predicted octanol–water partition coefficient (Wildman–Crippen LogP) is 3.23. The van der Waals surface area contributed by atoms with Gasteiger partial charge in [0.05, 0.1) is 12.7 Å². The van der Waals surface area contributed by atoms with Gasteiger partial charge in [-0.05, 0) is 25.0 Å². The summed E-state index contributed by atoms with van der Waals surface area (Å²) in [5, 5.41) is 0. The van der Waals surface area contributed by atoms with E-state index in [2.05, 4.69) is 0 Å². The third kappa shape index (κ3) is 3.08. The van der Waals surface area contributed by atoms with Gasteiger partial charge in [-0.1, -0.05) is 25.5 Å². The van der Waals surface area contributed by atoms with E-state index < -0.39 is 0 Å². The lowest BCUT2D eigenvalue weighted by molar-refractivity contribution is 0.0965. The smallest absolute Gasteiger partial charge is 0.166 e. The van der Waals surface area contributed by atoms with E-state index in [4.69, 9.17) is 4.74 Å². The Morgan fingerprint density at radius 3 is 2.60 bits per heavy atom. The number of hydrogen-bond acceptors (Lipinski definition) is 2. The molecule has 0 N–H and O–H groups in total. The Balaban J connectivity index is 3.00. The van der Waals surface area contributed by atoms with Crippen molar-refractivity contribution in [3.8, 4) is 5.75 Å². The number of carbonyl (C=O) groups excluding carboxylic acids is 1. The molecule has 0 bridgehead atoms. The molecule has 0 aliphatic heterocycles. The van der Waals surface area contributed by atoms with Gasteiger partial charge in [0.25, 0.3) is 0 Å². The number of rotatable bonds is 4. The minimum Gasteiger partial charge on any atom is -0.496 e. The Bertz CT molecular complexity index is 354. The molecular formula is C13H18O2. The molecule has 0 aliphatic rings. The van der Waals surface area contributed by atoms with Crippen molar-refractivity contribution in [1.29, 1.82) is 0 Å². The van der Waals surface area contributed by atoms with Gasteiger partial charge in [-0.15, -0.1) is 0 Å². The van der Waals surface area contributed by atoms with Crippen LogP contribution >= 0.6 is 0 Å². The van der Waals surface area contributed by atoms with E-state index in [1.54, 1.807) is 7.11 Å². The third-order valence-electron chi connectivity index (χ3n) is 2.25. The third-order valence-corrected chi connectivity index (χ3v) is 2.25. The lowest BCUT2D eigenvalue weighted by Gasteiger charge is -2.09. The van der Waals surface area contributed by atoms with E-state index in [9.17, 15) is 4.79 Å². The van der Waals surface area contributed by atoms with Crippen molar-refractivity contribution in [3.63, 3.8) is 0 Å². The molecule has 0 amide bonds. The van der Waals surface area contributed by atoms with Crippen molar-refractivity contribution in [3.05, 3.63) is 29.3 Å². The van der Waals surface area contributed by atoms with Gasteiger partial charge in [0.1, 0.15) is 5.75 Å². The number of benzene rings is 1. The first-order valence-corrected chi connectivity index (χ1v) is 5.22. The monoisotopic (exact) mass is 206 g/mol. The first-order valence-electron chi connectivity index (χ1n) is 5.22. The molecule has 0 atom stereocenters. The van der Waals surface area contributed by atoms with Crippen molar-refractivity contribution >= 4 is 5.78 Å². The summed E-state index contributed by atoms with van der Waals surface area (Å²) in [6.07, 6.45) is 0.569. The SMILES string of the molecule is COc1ccc(C)cc1C(=O)CC(C)C. The van der Waals surface area contributed by atoms with Crippen molar-refractivity contribution in [1.82, 2.24) is 0 Å². The van der Waals surface area contributed by atoms with Crippen LogP contribution < -0.4 is 4.74 Å². The highest BCUT2D eigenvalue weighted by Crippen LogP contribution is 2.22. The summed E-state index contributed by atoms with van der Waals surface area (Å²) in [6.45, 7) is 6.06. The summed E-state index contributed by atoms with van der Waals surface area (Å²) in [6, 6.07) is 5.69. The Morgan fingerprint density at radius 1 is 1.40 bits per heavy atom. The minimum atomic E-state index is 0.158. The van der Waals surface area contributed by atoms with Gasteiger partial charge in [-0.2, -0.15) is 0 Å². The fourth-order valence-corrected chi connectivity index (χ4v) is 1.52. The van der Waals surface area contributed by atoms with Crippen LogP contribution in [0.3, 0.4) is 0 Å². The van der Waals surface area contributed by atoms with Crippen LogP contribution in [-0.2, 0) is 0 Å². The van der Waals surface area contributed by atoms with E-state index in [1.807, 2.05) is 39.0 Å². The van der Waals surface area contributed by atoms with Crippen LogP contribution in [0.15, 0.2) is 18.2 Å². The van der Waals surface area contributed by atoms with E-state index >= 15 is 0 Å². The average Bonchev–Trinajstić information content (AvgIpc) is 2.16. The van der Waals surface area contributed by atoms with E-state index in [0.717, 1.165) is 5.56 Å². The van der Waals surface area contributed by atoms with Crippen LogP contribution in [0.2, 0.25) is 0 Å². The van der Waals surface area contributed by atoms with Gasteiger partial charge in [-0.25, -0.2) is 0 Å². The maximum Gasteiger partial charge on any atom is 0.166 e. The largest absolute Gasteiger partial charge is 0.496 e. The number of aryl methyl sites for hydroxylation is 1. The van der Waals surface area contributed by atoms with Crippen molar-refractivity contribution in [2.24, 2.45) is 5.92 Å². The van der Waals surface area contributed by atoms with E-state index in [1.165, 1.54) is 0 Å². The highest BCUT2D eigenvalue weighted by molar-refractivity contribution is 5.98. The number of carbonyl (C=O) groups is 1. The zero-order valence-electron chi connectivity index (χ0n) is 9.83. The molecule has 0 heterocycles. The van der Waals surface area contributed by atoms with Crippen LogP contribution in [0.1, 0.15) is 36.2 Å². The molecule has 2 nitrogen and oxygen atoms in total. The van der Waals surface area contributed by atoms with E-state index in [0.29, 0.717) is 23.7 Å². The molecule has 0 aromatic heterocycles. The summed E-state index contributed by atoms with van der Waals surface area (Å²) in [7, 11) is 1.59. The first kappa shape index (κ1) is 11.8. The molecule has 1 aromatic rings. The lowest BCUT2D eigenvalue weighted by Crippen LogP contribution is -2.05. The summed E-state index contributed by atoms with van der Waals surface area (Å²) < 4.78 is 5.18. The normalized spacial score (nSPS) is 10.5. The number of hydrogen-bond donors (Lipinski definition) is 0. The number of Topliss-reactive ketones (excluding diaryl/α,β-unsaturated/α-hetero) is 1. The molecule has 0 aliphatic carbocycles. The van der Waals surface area contributed by atoms with Gasteiger partial charge in [0.2, 0.25) is 0 Å². The number of methoxy groups -OCH3 is 1. The van der Waals surface area contributed by atoms with Crippen LogP contribution in [-0.4, -0.2) is 12.9 Å². The molecule has 0 unspecified atom stereocenters. The molecule has 0 spiro atoms. The zero-order valence-corrected chi connectivity index (χ0v) is 9.83. The minimum absolute atomic E-state index is 0.158. The molecule has 0 fully saturated rings. The topological polar surface area (TPSA) is 26.3 Å². The number of ether oxygens (including phenoxy) is 1. The van der Waals surface area contributed by atoms with Crippen LogP contribution in [0.4, 0.5) is 0 Å². The fraction of sp³-hybridized carbons (Fsp3) is 0.462. The standard InChI is InChI=1S/C13H18O2/c1-9(2)7-12(14)11-8-10(3)5-6-13(11)15-4/h5-6,8-9H,7H2,1-4H3. The summed E-state index contributed by atoms with van der Waals surface area (Å²) in [5.74, 6) is 1.21. The highest BCUT2D eigenvalue weighted by atomic mass is 16.5. The highest BCUT2D eigenvalue weighted by Gasteiger charge is 2.13. The first-order chi connectivity index (χ1) is 7.04. The predicted molar refractivity (Wildman–Crippen MR) is 61.5 cm³/mol. The summed E-state index contributed by atoms with van der Waals surface area (Å²) >= 11 is 0. The molecule has 1 rings (SSSR count). The fourth-order valence-electron chi connectivity index (χ4n) is 1.52. The molecule has 0 saturated heterocycles. The quantitative estimate of drug-likeness (QED) is 0.707. The molecule has 2 heteroatoms. The second kappa shape index (κ2) is 4.96.